The van der Waals surface area contributed by atoms with Gasteiger partial charge in [0.05, 0.1) is 20.6 Å². The number of hydrogen-bond donors (Lipinski definition) is 1. The van der Waals surface area contributed by atoms with E-state index in [9.17, 15) is 0 Å². The molecule has 0 bridgehead atoms. The molecule has 0 aliphatic heterocycles. The van der Waals surface area contributed by atoms with E-state index in [1.165, 1.54) is 68.0 Å². The van der Waals surface area contributed by atoms with Crippen LogP contribution in [0.1, 0.15) is 57.4 Å². The molecule has 0 saturated carbocycles. The third-order valence-electron chi connectivity index (χ3n) is 4.64. The van der Waals surface area contributed by atoms with Gasteiger partial charge >= 0.3 is 0 Å². The number of aromatic amines is 1. The van der Waals surface area contributed by atoms with Crippen molar-refractivity contribution in [3.05, 3.63) is 36.0 Å². The molecule has 0 unspecified atom stereocenters. The molecule has 0 saturated heterocycles. The minimum Gasteiger partial charge on any atom is -1.00 e. The van der Waals surface area contributed by atoms with Crippen LogP contribution >= 0.6 is 0 Å². The molecule has 2 aromatic rings. The fourth-order valence-corrected chi connectivity index (χ4v) is 3.30. The molecule has 1 N–H and O–H groups in total. The van der Waals surface area contributed by atoms with Crippen LogP contribution in [0.3, 0.4) is 0 Å². The average Bonchev–Trinajstić information content (AvgIpc) is 2.89. The van der Waals surface area contributed by atoms with Gasteiger partial charge in [0.2, 0.25) is 0 Å². The molecule has 0 atom stereocenters. The Morgan fingerprint density at radius 1 is 0.913 bits per heavy atom. The van der Waals surface area contributed by atoms with Crippen LogP contribution in [0.5, 0.6) is 0 Å². The predicted octanol–water partition coefficient (Wildman–Crippen LogP) is 2.50. The van der Waals surface area contributed by atoms with E-state index in [0.29, 0.717) is 0 Å². The second-order valence-corrected chi connectivity index (χ2v) is 7.30. The molecule has 0 fully saturated rings. The summed E-state index contributed by atoms with van der Waals surface area (Å²) in [6, 6.07) is 8.63. The van der Waals surface area contributed by atoms with E-state index in [4.69, 9.17) is 0 Å². The number of quaternary nitrogens is 1. The number of fused-ring (bicyclic) bond motifs is 1. The van der Waals surface area contributed by atoms with Crippen molar-refractivity contribution in [2.45, 2.75) is 58.4 Å². The van der Waals surface area contributed by atoms with Crippen molar-refractivity contribution in [2.75, 3.05) is 20.6 Å². The summed E-state index contributed by atoms with van der Waals surface area (Å²) in [6.07, 6.45) is 11.9. The third-order valence-corrected chi connectivity index (χ3v) is 4.64. The summed E-state index contributed by atoms with van der Waals surface area (Å²) < 4.78 is 1.08. The number of para-hydroxylation sites is 1. The van der Waals surface area contributed by atoms with Gasteiger partial charge < -0.3 is 33.4 Å². The van der Waals surface area contributed by atoms with Gasteiger partial charge in [0.1, 0.15) is 6.54 Å². The fraction of sp³-hybridized carbons (Fsp3) is 0.600. The molecule has 0 amide bonds. The SMILES string of the molecule is CCCCCCCCC[N+](C)(C)Cc1c[nH]c2ccccc12.[I-]. The first-order chi connectivity index (χ1) is 10.6. The van der Waals surface area contributed by atoms with Gasteiger partial charge in [0.15, 0.2) is 0 Å². The van der Waals surface area contributed by atoms with Gasteiger partial charge in [-0.25, -0.2) is 0 Å². The Morgan fingerprint density at radius 3 is 2.30 bits per heavy atom. The van der Waals surface area contributed by atoms with Crippen molar-refractivity contribution >= 4 is 10.9 Å². The van der Waals surface area contributed by atoms with Gasteiger partial charge in [0.25, 0.3) is 0 Å². The normalized spacial score (nSPS) is 11.6. The summed E-state index contributed by atoms with van der Waals surface area (Å²) in [6.45, 7) is 4.66. The Balaban J connectivity index is 0.00000264. The first kappa shape index (κ1) is 20.5. The van der Waals surface area contributed by atoms with Gasteiger partial charge in [-0.3, -0.25) is 0 Å². The molecule has 1 aromatic heterocycles. The second-order valence-electron chi connectivity index (χ2n) is 7.30. The van der Waals surface area contributed by atoms with E-state index in [1.807, 2.05) is 0 Å². The van der Waals surface area contributed by atoms with E-state index >= 15 is 0 Å². The molecule has 2 nitrogen and oxygen atoms in total. The number of hydrogen-bond acceptors (Lipinski definition) is 0. The molecule has 1 heterocycles. The zero-order chi connectivity index (χ0) is 15.8. The Morgan fingerprint density at radius 2 is 1.57 bits per heavy atom. The molecule has 0 spiro atoms. The van der Waals surface area contributed by atoms with Gasteiger partial charge in [-0.1, -0.05) is 57.2 Å². The lowest BCUT2D eigenvalue weighted by Crippen LogP contribution is -3.00. The van der Waals surface area contributed by atoms with Crippen LogP contribution in [0, 0.1) is 0 Å². The number of H-pyrrole nitrogens is 1. The number of aromatic nitrogens is 1. The van der Waals surface area contributed by atoms with Crippen LogP contribution in [-0.4, -0.2) is 30.1 Å². The fourth-order valence-electron chi connectivity index (χ4n) is 3.30. The Hall–Kier alpha value is -0.550. The second kappa shape index (κ2) is 10.3. The molecule has 0 radical (unpaired) electrons. The number of benzene rings is 1. The van der Waals surface area contributed by atoms with E-state index in [-0.39, 0.29) is 24.0 Å². The monoisotopic (exact) mass is 428 g/mol. The van der Waals surface area contributed by atoms with Gasteiger partial charge in [0, 0.05) is 22.7 Å². The Bertz CT molecular complexity index is 560. The maximum Gasteiger partial charge on any atom is 0.106 e. The molecule has 2 rings (SSSR count). The van der Waals surface area contributed by atoms with Crippen molar-refractivity contribution < 1.29 is 28.5 Å². The zero-order valence-electron chi connectivity index (χ0n) is 15.1. The Labute approximate surface area is 159 Å². The standard InChI is InChI=1S/C20H33N2.HI/c1-4-5-6-7-8-9-12-15-22(2,3)17-18-16-21-20-14-11-10-13-19(18)20;/h10-11,13-14,16,21H,4-9,12,15,17H2,1-3H3;1H/q+1;/p-1. The third kappa shape index (κ3) is 6.84. The average molecular weight is 428 g/mol. The molecular formula is C20H33IN2. The highest BCUT2D eigenvalue weighted by Gasteiger charge is 2.17. The van der Waals surface area contributed by atoms with Crippen LogP contribution < -0.4 is 24.0 Å². The number of rotatable bonds is 10. The van der Waals surface area contributed by atoms with E-state index in [0.717, 1.165) is 11.0 Å². The maximum atomic E-state index is 3.40. The zero-order valence-corrected chi connectivity index (χ0v) is 17.2. The summed E-state index contributed by atoms with van der Waals surface area (Å²) in [5.74, 6) is 0. The molecule has 130 valence electrons. The van der Waals surface area contributed by atoms with Gasteiger partial charge in [-0.15, -0.1) is 0 Å². The van der Waals surface area contributed by atoms with Crippen LogP contribution in [0.25, 0.3) is 10.9 Å². The number of unbranched alkanes of at least 4 members (excludes halogenated alkanes) is 6. The topological polar surface area (TPSA) is 15.8 Å². The minimum absolute atomic E-state index is 0. The first-order valence-electron chi connectivity index (χ1n) is 8.99. The summed E-state index contributed by atoms with van der Waals surface area (Å²) in [4.78, 5) is 3.40. The summed E-state index contributed by atoms with van der Waals surface area (Å²) >= 11 is 0. The first-order valence-corrected chi connectivity index (χ1v) is 8.99. The van der Waals surface area contributed by atoms with Gasteiger partial charge in [-0.05, 0) is 18.9 Å². The largest absolute Gasteiger partial charge is 1.00 e. The Kier molecular flexibility index (Phi) is 9.22. The molecule has 1 aromatic carbocycles. The molecular weight excluding hydrogens is 395 g/mol. The van der Waals surface area contributed by atoms with E-state index in [2.05, 4.69) is 56.5 Å². The quantitative estimate of drug-likeness (QED) is 0.340. The van der Waals surface area contributed by atoms with Crippen LogP contribution in [0.15, 0.2) is 30.5 Å². The number of nitrogens with one attached hydrogen (secondary N) is 1. The predicted molar refractivity (Wildman–Crippen MR) is 97.0 cm³/mol. The number of nitrogens with zero attached hydrogens (tertiary/aromatic N) is 1. The minimum atomic E-state index is 0. The van der Waals surface area contributed by atoms with Crippen molar-refractivity contribution in [3.63, 3.8) is 0 Å². The van der Waals surface area contributed by atoms with E-state index < -0.39 is 0 Å². The van der Waals surface area contributed by atoms with E-state index in [1.54, 1.807) is 0 Å². The van der Waals surface area contributed by atoms with Crippen LogP contribution in [-0.2, 0) is 6.54 Å². The highest BCUT2D eigenvalue weighted by molar-refractivity contribution is 5.82. The highest BCUT2D eigenvalue weighted by atomic mass is 127. The molecule has 3 heteroatoms. The van der Waals surface area contributed by atoms with Crippen LogP contribution in [0.2, 0.25) is 0 Å². The van der Waals surface area contributed by atoms with Crippen molar-refractivity contribution in [1.29, 1.82) is 0 Å². The maximum absolute atomic E-state index is 3.40. The number of halogens is 1. The van der Waals surface area contributed by atoms with Crippen molar-refractivity contribution in [3.8, 4) is 0 Å². The molecule has 0 aliphatic rings. The van der Waals surface area contributed by atoms with Crippen LogP contribution in [0.4, 0.5) is 0 Å². The van der Waals surface area contributed by atoms with Gasteiger partial charge in [-0.2, -0.15) is 0 Å². The molecule has 0 aliphatic carbocycles. The van der Waals surface area contributed by atoms with Crippen molar-refractivity contribution in [2.24, 2.45) is 0 Å². The lowest BCUT2D eigenvalue weighted by molar-refractivity contribution is -0.903. The summed E-state index contributed by atoms with van der Waals surface area (Å²) in [7, 11) is 4.72. The summed E-state index contributed by atoms with van der Waals surface area (Å²) in [5.41, 5.74) is 2.71. The van der Waals surface area contributed by atoms with Crippen molar-refractivity contribution in [1.82, 2.24) is 4.98 Å². The lowest BCUT2D eigenvalue weighted by Gasteiger charge is -2.29. The lowest BCUT2D eigenvalue weighted by atomic mass is 10.1. The summed E-state index contributed by atoms with van der Waals surface area (Å²) in [5, 5.41) is 1.38. The highest BCUT2D eigenvalue weighted by Crippen LogP contribution is 2.21. The smallest absolute Gasteiger partial charge is 0.106 e. The molecule has 23 heavy (non-hydrogen) atoms.